The zero-order chi connectivity index (χ0) is 23.1. The zero-order valence-corrected chi connectivity index (χ0v) is 18.6. The number of hydrogen-bond acceptors (Lipinski definition) is 4. The van der Waals surface area contributed by atoms with Gasteiger partial charge in [0.05, 0.1) is 11.4 Å². The van der Waals surface area contributed by atoms with E-state index >= 15 is 0 Å². The molecule has 2 aromatic carbocycles. The van der Waals surface area contributed by atoms with E-state index in [1.165, 1.54) is 16.4 Å². The normalized spacial score (nSPS) is 15.8. The number of rotatable bonds is 8. The molecule has 0 bridgehead atoms. The molecule has 3 amide bonds. The van der Waals surface area contributed by atoms with Crippen molar-refractivity contribution in [3.63, 3.8) is 0 Å². The second-order valence-corrected chi connectivity index (χ2v) is 9.59. The van der Waals surface area contributed by atoms with Crippen molar-refractivity contribution in [3.8, 4) is 0 Å². The molecule has 3 rings (SSSR count). The minimum atomic E-state index is -3.27. The van der Waals surface area contributed by atoms with E-state index in [-0.39, 0.29) is 24.0 Å². The van der Waals surface area contributed by atoms with Crippen LogP contribution in [0.2, 0.25) is 0 Å². The van der Waals surface area contributed by atoms with Crippen molar-refractivity contribution in [2.45, 2.75) is 38.8 Å². The Labute approximate surface area is 187 Å². The monoisotopic (exact) mass is 462 g/mol. The standard InChI is InChI=1S/C22H27FN4O4S/c1-2-4-20(26-22(29)24-15-16-5-7-17(23)8-6-16)21(28)25-18-9-11-19(12-10-18)27-13-3-14-32(27,30)31/h5-12,20H,2-4,13-15H2,1H3,(H,25,28)(H2,24,26,29). The number of carbonyl (C=O) groups excluding carboxylic acids is 2. The number of urea groups is 1. The second-order valence-electron chi connectivity index (χ2n) is 7.57. The van der Waals surface area contributed by atoms with E-state index in [2.05, 4.69) is 16.0 Å². The van der Waals surface area contributed by atoms with Crippen LogP contribution in [0.1, 0.15) is 31.7 Å². The first-order chi connectivity index (χ1) is 15.3. The first-order valence-electron chi connectivity index (χ1n) is 10.5. The van der Waals surface area contributed by atoms with E-state index in [1.807, 2.05) is 6.92 Å². The molecule has 10 heteroatoms. The summed E-state index contributed by atoms with van der Waals surface area (Å²) in [5.74, 6) is -0.586. The Morgan fingerprint density at radius 1 is 1.09 bits per heavy atom. The van der Waals surface area contributed by atoms with Crippen molar-refractivity contribution < 1.29 is 22.4 Å². The fourth-order valence-corrected chi connectivity index (χ4v) is 4.99. The van der Waals surface area contributed by atoms with Crippen LogP contribution in [-0.4, -0.2) is 38.7 Å². The molecule has 32 heavy (non-hydrogen) atoms. The van der Waals surface area contributed by atoms with Gasteiger partial charge in [-0.3, -0.25) is 9.10 Å². The summed E-state index contributed by atoms with van der Waals surface area (Å²) < 4.78 is 38.4. The third kappa shape index (κ3) is 6.19. The Kier molecular flexibility index (Phi) is 7.68. The third-order valence-corrected chi connectivity index (χ3v) is 6.96. The van der Waals surface area contributed by atoms with Gasteiger partial charge >= 0.3 is 6.03 Å². The summed E-state index contributed by atoms with van der Waals surface area (Å²) in [6.45, 7) is 2.56. The summed E-state index contributed by atoms with van der Waals surface area (Å²) in [5, 5.41) is 8.08. The van der Waals surface area contributed by atoms with Gasteiger partial charge in [-0.1, -0.05) is 25.5 Å². The van der Waals surface area contributed by atoms with Gasteiger partial charge in [-0.2, -0.15) is 0 Å². The number of benzene rings is 2. The lowest BCUT2D eigenvalue weighted by Crippen LogP contribution is -2.47. The Bertz CT molecular complexity index is 1040. The molecule has 0 aromatic heterocycles. The first kappa shape index (κ1) is 23.5. The smallest absolute Gasteiger partial charge is 0.315 e. The van der Waals surface area contributed by atoms with Crippen LogP contribution in [0.4, 0.5) is 20.6 Å². The van der Waals surface area contributed by atoms with Crippen LogP contribution in [0.3, 0.4) is 0 Å². The molecule has 1 fully saturated rings. The lowest BCUT2D eigenvalue weighted by Gasteiger charge is -2.19. The van der Waals surface area contributed by atoms with Crippen molar-refractivity contribution in [1.29, 1.82) is 0 Å². The molecule has 3 N–H and O–H groups in total. The van der Waals surface area contributed by atoms with Crippen molar-refractivity contribution in [3.05, 3.63) is 59.9 Å². The summed E-state index contributed by atoms with van der Waals surface area (Å²) in [6.07, 6.45) is 1.72. The van der Waals surface area contributed by atoms with E-state index in [4.69, 9.17) is 0 Å². The number of carbonyl (C=O) groups is 2. The minimum Gasteiger partial charge on any atom is -0.334 e. The predicted molar refractivity (Wildman–Crippen MR) is 121 cm³/mol. The van der Waals surface area contributed by atoms with Crippen molar-refractivity contribution in [2.24, 2.45) is 0 Å². The summed E-state index contributed by atoms with van der Waals surface area (Å²) in [6, 6.07) is 11.1. The fourth-order valence-electron chi connectivity index (χ4n) is 3.42. The molecule has 1 unspecified atom stereocenters. The lowest BCUT2D eigenvalue weighted by atomic mass is 10.1. The maximum Gasteiger partial charge on any atom is 0.315 e. The van der Waals surface area contributed by atoms with E-state index in [0.717, 1.165) is 5.56 Å². The van der Waals surface area contributed by atoms with Crippen LogP contribution < -0.4 is 20.3 Å². The highest BCUT2D eigenvalue weighted by molar-refractivity contribution is 7.93. The van der Waals surface area contributed by atoms with Crippen LogP contribution >= 0.6 is 0 Å². The van der Waals surface area contributed by atoms with Gasteiger partial charge in [-0.25, -0.2) is 17.6 Å². The molecule has 2 aromatic rings. The Balaban J connectivity index is 1.56. The molecule has 1 saturated heterocycles. The maximum absolute atomic E-state index is 13.0. The molecule has 0 spiro atoms. The number of nitrogens with zero attached hydrogens (tertiary/aromatic N) is 1. The topological polar surface area (TPSA) is 108 Å². The van der Waals surface area contributed by atoms with Crippen LogP contribution in [0.15, 0.2) is 48.5 Å². The summed E-state index contributed by atoms with van der Waals surface area (Å²) in [5.41, 5.74) is 1.80. The number of nitrogens with one attached hydrogen (secondary N) is 3. The highest BCUT2D eigenvalue weighted by atomic mass is 32.2. The predicted octanol–water partition coefficient (Wildman–Crippen LogP) is 2.97. The van der Waals surface area contributed by atoms with E-state index < -0.39 is 22.1 Å². The van der Waals surface area contributed by atoms with Gasteiger partial charge in [-0.05, 0) is 54.8 Å². The zero-order valence-electron chi connectivity index (χ0n) is 17.8. The van der Waals surface area contributed by atoms with Gasteiger partial charge in [0.2, 0.25) is 15.9 Å². The molecule has 1 heterocycles. The van der Waals surface area contributed by atoms with Crippen LogP contribution in [0, 0.1) is 5.82 Å². The number of anilines is 2. The average molecular weight is 463 g/mol. The number of amides is 3. The highest BCUT2D eigenvalue weighted by Crippen LogP contribution is 2.25. The summed E-state index contributed by atoms with van der Waals surface area (Å²) in [7, 11) is -3.27. The highest BCUT2D eigenvalue weighted by Gasteiger charge is 2.28. The molecular formula is C22H27FN4O4S. The average Bonchev–Trinajstić information content (AvgIpc) is 3.12. The Hall–Kier alpha value is -3.14. The SMILES string of the molecule is CCCC(NC(=O)NCc1ccc(F)cc1)C(=O)Nc1ccc(N2CCCS2(=O)=O)cc1. The van der Waals surface area contributed by atoms with Gasteiger partial charge in [0.25, 0.3) is 0 Å². The molecule has 172 valence electrons. The fraction of sp³-hybridized carbons (Fsp3) is 0.364. The van der Waals surface area contributed by atoms with Crippen LogP contribution in [0.25, 0.3) is 0 Å². The summed E-state index contributed by atoms with van der Waals surface area (Å²) >= 11 is 0. The molecular weight excluding hydrogens is 435 g/mol. The van der Waals surface area contributed by atoms with Crippen LogP contribution in [0.5, 0.6) is 0 Å². The third-order valence-electron chi connectivity index (χ3n) is 5.09. The van der Waals surface area contributed by atoms with E-state index in [1.54, 1.807) is 36.4 Å². The number of hydrogen-bond donors (Lipinski definition) is 3. The molecule has 1 aliphatic heterocycles. The van der Waals surface area contributed by atoms with E-state index in [9.17, 15) is 22.4 Å². The molecule has 0 aliphatic carbocycles. The molecule has 0 radical (unpaired) electrons. The molecule has 0 saturated carbocycles. The summed E-state index contributed by atoms with van der Waals surface area (Å²) in [4.78, 5) is 24.9. The quantitative estimate of drug-likeness (QED) is 0.561. The molecule has 1 atom stereocenters. The van der Waals surface area contributed by atoms with Gasteiger partial charge in [0.15, 0.2) is 0 Å². The van der Waals surface area contributed by atoms with Crippen molar-refractivity contribution in [2.75, 3.05) is 21.9 Å². The molecule has 8 nitrogen and oxygen atoms in total. The largest absolute Gasteiger partial charge is 0.334 e. The van der Waals surface area contributed by atoms with Gasteiger partial charge in [0.1, 0.15) is 11.9 Å². The maximum atomic E-state index is 13.0. The number of sulfonamides is 1. The first-order valence-corrected chi connectivity index (χ1v) is 12.1. The van der Waals surface area contributed by atoms with Crippen LogP contribution in [-0.2, 0) is 21.4 Å². The Morgan fingerprint density at radius 2 is 1.78 bits per heavy atom. The lowest BCUT2D eigenvalue weighted by molar-refractivity contribution is -0.118. The van der Waals surface area contributed by atoms with Crippen molar-refractivity contribution in [1.82, 2.24) is 10.6 Å². The molecule has 1 aliphatic rings. The minimum absolute atomic E-state index is 0.138. The number of halogens is 1. The Morgan fingerprint density at radius 3 is 2.38 bits per heavy atom. The van der Waals surface area contributed by atoms with E-state index in [0.29, 0.717) is 37.2 Å². The van der Waals surface area contributed by atoms with Crippen molar-refractivity contribution >= 4 is 33.3 Å². The second kappa shape index (κ2) is 10.4. The van der Waals surface area contributed by atoms with Gasteiger partial charge in [0, 0.05) is 18.8 Å². The van der Waals surface area contributed by atoms with Gasteiger partial charge < -0.3 is 16.0 Å². The van der Waals surface area contributed by atoms with Gasteiger partial charge in [-0.15, -0.1) is 0 Å².